The number of fused-ring (bicyclic) bond motifs is 3. The smallest absolute Gasteiger partial charge is 0.328 e. The van der Waals surface area contributed by atoms with Gasteiger partial charge in [-0.15, -0.1) is 0 Å². The third kappa shape index (κ3) is 5.90. The number of imidazole rings is 1. The Morgan fingerprint density at radius 1 is 0.966 bits per heavy atom. The van der Waals surface area contributed by atoms with Crippen LogP contribution in [0.5, 0.6) is 0 Å². The predicted octanol–water partition coefficient (Wildman–Crippen LogP) is 4.43. The fraction of sp³-hybridized carbons (Fsp3) is 0.250. The van der Waals surface area contributed by atoms with E-state index in [4.69, 9.17) is 19.1 Å². The number of piperidine rings is 1. The minimum Gasteiger partial charge on any atom is -0.464 e. The summed E-state index contributed by atoms with van der Waals surface area (Å²) < 4.78 is 14.5. The van der Waals surface area contributed by atoms with Gasteiger partial charge in [0.05, 0.1) is 54.3 Å². The summed E-state index contributed by atoms with van der Waals surface area (Å²) in [6.45, 7) is 3.28. The summed E-state index contributed by atoms with van der Waals surface area (Å²) in [5.74, 6) is 5.40. The number of benzene rings is 2. The normalized spacial score (nSPS) is 17.2. The maximum Gasteiger partial charge on any atom is 0.328 e. The molecule has 7 aromatic rings. The first-order valence-electron chi connectivity index (χ1n) is 19.0. The predicted molar refractivity (Wildman–Crippen MR) is 216 cm³/mol. The highest BCUT2D eigenvalue weighted by atomic mass is 16.5. The van der Waals surface area contributed by atoms with E-state index in [1.165, 1.54) is 0 Å². The second kappa shape index (κ2) is 13.5. The molecule has 3 amide bonds. The summed E-state index contributed by atoms with van der Waals surface area (Å²) >= 11 is 0. The summed E-state index contributed by atoms with van der Waals surface area (Å²) in [5.41, 5.74) is 7.12. The van der Waals surface area contributed by atoms with Crippen molar-refractivity contribution in [2.24, 2.45) is 19.5 Å². The standard InChI is InChI=1S/C44H36N8O6/c1-50-36-17-35(48-40(39(36)51(2)43(50)56)52-21-44(22-52)23-57-24-44)28-7-3-6-26-16-34(47-19-31(26)28)27-9-11-33(46-18-27)42(55)45-14-4-5-25-8-12-37-30(15-25)32(20-58-37)29-10-13-38(53)49-41(29)54/h3,6-9,11-12,15-20,29H,10,13-14,21-24H2,1-2H3,(H,45,55)(H,49,53,54). The molecule has 0 radical (unpaired) electrons. The fourth-order valence-electron chi connectivity index (χ4n) is 8.34. The Kier molecular flexibility index (Phi) is 8.24. The Morgan fingerprint density at radius 3 is 2.60 bits per heavy atom. The largest absolute Gasteiger partial charge is 0.464 e. The third-order valence-electron chi connectivity index (χ3n) is 11.5. The molecule has 14 nitrogen and oxygen atoms in total. The maximum absolute atomic E-state index is 13.0. The van der Waals surface area contributed by atoms with Gasteiger partial charge in [-0.05, 0) is 54.3 Å². The molecular formula is C44H36N8O6. The number of imide groups is 1. The number of hydrogen-bond acceptors (Lipinski definition) is 10. The van der Waals surface area contributed by atoms with Gasteiger partial charge in [0, 0.05) is 79.0 Å². The van der Waals surface area contributed by atoms with Crippen LogP contribution < -0.4 is 21.2 Å². The first kappa shape index (κ1) is 35.3. The van der Waals surface area contributed by atoms with E-state index in [9.17, 15) is 19.2 Å². The number of pyridine rings is 3. The van der Waals surface area contributed by atoms with Crippen LogP contribution in [0.15, 0.2) is 88.5 Å². The summed E-state index contributed by atoms with van der Waals surface area (Å²) in [5, 5.41) is 7.84. The summed E-state index contributed by atoms with van der Waals surface area (Å²) in [6, 6.07) is 18.9. The van der Waals surface area contributed by atoms with Crippen LogP contribution in [-0.2, 0) is 28.4 Å². The molecule has 10 rings (SSSR count). The van der Waals surface area contributed by atoms with Crippen LogP contribution in [0.3, 0.4) is 0 Å². The van der Waals surface area contributed by atoms with Crippen molar-refractivity contribution in [1.82, 2.24) is 34.7 Å². The molecule has 2 N–H and O–H groups in total. The number of hydrogen-bond donors (Lipinski definition) is 2. The highest BCUT2D eigenvalue weighted by molar-refractivity contribution is 6.03. The number of nitrogens with one attached hydrogen (secondary N) is 2. The summed E-state index contributed by atoms with van der Waals surface area (Å²) in [4.78, 5) is 66.7. The number of aryl methyl sites for hydroxylation is 2. The van der Waals surface area contributed by atoms with Gasteiger partial charge >= 0.3 is 5.69 Å². The van der Waals surface area contributed by atoms with E-state index in [0.29, 0.717) is 23.3 Å². The second-order valence-corrected chi connectivity index (χ2v) is 15.4. The lowest BCUT2D eigenvalue weighted by Crippen LogP contribution is -2.66. The van der Waals surface area contributed by atoms with Gasteiger partial charge in [0.1, 0.15) is 16.8 Å². The average molecular weight is 773 g/mol. The first-order valence-corrected chi connectivity index (χ1v) is 19.0. The van der Waals surface area contributed by atoms with Crippen LogP contribution in [0, 0.1) is 17.3 Å². The number of ether oxygens (including phenoxy) is 1. The van der Waals surface area contributed by atoms with Gasteiger partial charge in [-0.2, -0.15) is 0 Å². The Hall–Kier alpha value is -7.11. The molecule has 14 heteroatoms. The lowest BCUT2D eigenvalue weighted by molar-refractivity contribution is -0.134. The molecule has 0 saturated carbocycles. The van der Waals surface area contributed by atoms with Crippen LogP contribution in [0.2, 0.25) is 0 Å². The molecule has 0 aliphatic carbocycles. The van der Waals surface area contributed by atoms with Crippen LogP contribution in [0.1, 0.15) is 40.4 Å². The SMILES string of the molecule is Cn1c(=O)n(C)c2c(N3CC4(COC4)C3)nc(-c3cccc4cc(-c5ccc(C(=O)NCC#Cc6ccc7occ(C8CCC(=O)NC8=O)c7c6)nc5)ncc34)cc21. The van der Waals surface area contributed by atoms with Crippen LogP contribution in [-0.4, -0.2) is 74.7 Å². The molecule has 3 fully saturated rings. The zero-order valence-corrected chi connectivity index (χ0v) is 31.7. The van der Waals surface area contributed by atoms with Crippen LogP contribution >= 0.6 is 0 Å². The van der Waals surface area contributed by atoms with Crippen molar-refractivity contribution in [3.8, 4) is 34.4 Å². The Balaban J connectivity index is 0.845. The quantitative estimate of drug-likeness (QED) is 0.182. The van der Waals surface area contributed by atoms with Gasteiger partial charge < -0.3 is 19.4 Å². The molecule has 0 bridgehead atoms. The van der Waals surface area contributed by atoms with Gasteiger partial charge in [0.2, 0.25) is 11.8 Å². The summed E-state index contributed by atoms with van der Waals surface area (Å²) in [6.07, 6.45) is 5.72. The van der Waals surface area contributed by atoms with E-state index < -0.39 is 5.92 Å². The van der Waals surface area contributed by atoms with E-state index in [1.807, 2.05) is 54.7 Å². The van der Waals surface area contributed by atoms with Gasteiger partial charge in [-0.25, -0.2) is 9.78 Å². The van der Waals surface area contributed by atoms with Crippen molar-refractivity contribution in [2.75, 3.05) is 37.7 Å². The van der Waals surface area contributed by atoms with Gasteiger partial charge in [-0.1, -0.05) is 30.0 Å². The van der Waals surface area contributed by atoms with Crippen molar-refractivity contribution in [3.05, 3.63) is 107 Å². The van der Waals surface area contributed by atoms with Gasteiger partial charge in [0.15, 0.2) is 5.82 Å². The van der Waals surface area contributed by atoms with Crippen molar-refractivity contribution in [3.63, 3.8) is 0 Å². The molecule has 3 aliphatic heterocycles. The number of nitrogens with zero attached hydrogens (tertiary/aromatic N) is 6. The number of furan rings is 1. The monoisotopic (exact) mass is 772 g/mol. The topological polar surface area (TPSA) is 166 Å². The highest BCUT2D eigenvalue weighted by Gasteiger charge is 2.50. The molecule has 1 spiro atoms. The zero-order valence-electron chi connectivity index (χ0n) is 31.7. The van der Waals surface area contributed by atoms with E-state index in [-0.39, 0.29) is 47.5 Å². The number of carbonyl (C=O) groups is 3. The Labute approximate surface area is 330 Å². The molecule has 8 heterocycles. The molecule has 1 unspecified atom stereocenters. The first-order chi connectivity index (χ1) is 28.1. The third-order valence-corrected chi connectivity index (χ3v) is 11.5. The van der Waals surface area contributed by atoms with Crippen molar-refractivity contribution in [2.45, 2.75) is 18.8 Å². The van der Waals surface area contributed by atoms with Gasteiger partial charge in [0.25, 0.3) is 5.91 Å². The van der Waals surface area contributed by atoms with E-state index in [1.54, 1.807) is 47.8 Å². The molecule has 3 aliphatic rings. The number of aromatic nitrogens is 5. The highest BCUT2D eigenvalue weighted by Crippen LogP contribution is 2.43. The fourth-order valence-corrected chi connectivity index (χ4v) is 8.34. The van der Waals surface area contributed by atoms with Crippen molar-refractivity contribution >= 4 is 56.3 Å². The van der Waals surface area contributed by atoms with Gasteiger partial charge in [-0.3, -0.25) is 38.8 Å². The van der Waals surface area contributed by atoms with E-state index in [2.05, 4.69) is 32.4 Å². The van der Waals surface area contributed by atoms with Crippen LogP contribution in [0.4, 0.5) is 5.82 Å². The molecule has 5 aromatic heterocycles. The minimum atomic E-state index is -0.469. The molecule has 3 saturated heterocycles. The Bertz CT molecular complexity index is 2990. The second-order valence-electron chi connectivity index (χ2n) is 15.4. The van der Waals surface area contributed by atoms with E-state index in [0.717, 1.165) is 81.7 Å². The number of anilines is 1. The molecule has 1 atom stereocenters. The average Bonchev–Trinajstić information content (AvgIpc) is 3.71. The number of rotatable bonds is 6. The molecule has 2 aromatic carbocycles. The zero-order chi connectivity index (χ0) is 39.7. The summed E-state index contributed by atoms with van der Waals surface area (Å²) in [7, 11) is 3.58. The van der Waals surface area contributed by atoms with Crippen molar-refractivity contribution in [1.29, 1.82) is 0 Å². The Morgan fingerprint density at radius 2 is 1.83 bits per heavy atom. The van der Waals surface area contributed by atoms with Crippen molar-refractivity contribution < 1.29 is 23.5 Å². The lowest BCUT2D eigenvalue weighted by atomic mass is 9.78. The van der Waals surface area contributed by atoms with E-state index >= 15 is 0 Å². The minimum absolute atomic E-state index is 0.0951. The van der Waals surface area contributed by atoms with Crippen LogP contribution in [0.25, 0.3) is 55.3 Å². The lowest BCUT2D eigenvalue weighted by Gasteiger charge is -2.55. The maximum atomic E-state index is 13.0. The molecular weight excluding hydrogens is 737 g/mol. The number of amides is 3. The molecule has 288 valence electrons. The number of carbonyl (C=O) groups excluding carboxylic acids is 3. The molecule has 58 heavy (non-hydrogen) atoms.